The Morgan fingerprint density at radius 1 is 1.16 bits per heavy atom. The minimum atomic E-state index is -0.461. The van der Waals surface area contributed by atoms with E-state index >= 15 is 0 Å². The van der Waals surface area contributed by atoms with Crippen molar-refractivity contribution in [1.29, 1.82) is 0 Å². The number of amides is 1. The SMILES string of the molecule is Cc1cc(-c2nc(Cl)nc3c2ccn3C2COC2)ccc1OCCC1CCN(C(=O)OC(C)(C)C)CC1. The molecule has 2 aliphatic heterocycles. The quantitative estimate of drug-likeness (QED) is 0.364. The number of hydrogen-bond acceptors (Lipinski definition) is 6. The van der Waals surface area contributed by atoms with E-state index in [2.05, 4.69) is 27.5 Å². The summed E-state index contributed by atoms with van der Waals surface area (Å²) in [6.45, 7) is 11.2. The van der Waals surface area contributed by atoms with E-state index in [0.717, 1.165) is 66.0 Å². The van der Waals surface area contributed by atoms with Crippen LogP contribution in [0, 0.1) is 12.8 Å². The smallest absolute Gasteiger partial charge is 0.410 e. The summed E-state index contributed by atoms with van der Waals surface area (Å²) in [5.74, 6) is 1.41. The minimum absolute atomic E-state index is 0.214. The Labute approximate surface area is 222 Å². The Bertz CT molecular complexity index is 1270. The number of halogens is 1. The van der Waals surface area contributed by atoms with Crippen LogP contribution < -0.4 is 4.74 Å². The highest BCUT2D eigenvalue weighted by atomic mass is 35.5. The van der Waals surface area contributed by atoms with E-state index in [0.29, 0.717) is 31.8 Å². The number of carbonyl (C=O) groups excluding carboxylic acids is 1. The number of likely N-dealkylation sites (tertiary alicyclic amines) is 1. The van der Waals surface area contributed by atoms with E-state index in [1.54, 1.807) is 0 Å². The fourth-order valence-electron chi connectivity index (χ4n) is 4.93. The van der Waals surface area contributed by atoms with E-state index in [1.165, 1.54) is 0 Å². The Morgan fingerprint density at radius 3 is 2.57 bits per heavy atom. The van der Waals surface area contributed by atoms with Crippen LogP contribution >= 0.6 is 11.6 Å². The number of piperidine rings is 1. The normalized spacial score (nSPS) is 17.2. The van der Waals surface area contributed by atoms with Crippen molar-refractivity contribution in [2.75, 3.05) is 32.9 Å². The van der Waals surface area contributed by atoms with Gasteiger partial charge in [-0.15, -0.1) is 0 Å². The maximum Gasteiger partial charge on any atom is 0.410 e. The van der Waals surface area contributed by atoms with Gasteiger partial charge in [-0.2, -0.15) is 4.98 Å². The van der Waals surface area contributed by atoms with Gasteiger partial charge in [0.15, 0.2) is 0 Å². The lowest BCUT2D eigenvalue weighted by molar-refractivity contribution is -0.0216. The van der Waals surface area contributed by atoms with Crippen molar-refractivity contribution in [1.82, 2.24) is 19.4 Å². The molecule has 2 fully saturated rings. The van der Waals surface area contributed by atoms with Gasteiger partial charge in [-0.1, -0.05) is 0 Å². The van der Waals surface area contributed by atoms with Crippen molar-refractivity contribution in [2.24, 2.45) is 5.92 Å². The molecule has 2 aliphatic rings. The zero-order chi connectivity index (χ0) is 26.2. The van der Waals surface area contributed by atoms with Gasteiger partial charge in [0.2, 0.25) is 5.28 Å². The highest BCUT2D eigenvalue weighted by molar-refractivity contribution is 6.28. The van der Waals surface area contributed by atoms with Crippen LogP contribution in [-0.2, 0) is 9.47 Å². The van der Waals surface area contributed by atoms with E-state index < -0.39 is 5.60 Å². The number of rotatable bonds is 6. The van der Waals surface area contributed by atoms with Crippen molar-refractivity contribution < 1.29 is 19.0 Å². The molecule has 0 unspecified atom stereocenters. The van der Waals surface area contributed by atoms with Crippen molar-refractivity contribution in [3.63, 3.8) is 0 Å². The molecule has 1 aromatic carbocycles. The lowest BCUT2D eigenvalue weighted by atomic mass is 9.94. The van der Waals surface area contributed by atoms with Gasteiger partial charge in [-0.3, -0.25) is 0 Å². The zero-order valence-electron chi connectivity index (χ0n) is 22.0. The molecule has 0 radical (unpaired) electrons. The molecule has 0 N–H and O–H groups in total. The minimum Gasteiger partial charge on any atom is -0.493 e. The molecular weight excluding hydrogens is 492 g/mol. The fourth-order valence-corrected chi connectivity index (χ4v) is 5.09. The van der Waals surface area contributed by atoms with E-state index in [4.69, 9.17) is 25.8 Å². The van der Waals surface area contributed by atoms with Crippen LogP contribution in [-0.4, -0.2) is 64.0 Å². The van der Waals surface area contributed by atoms with Gasteiger partial charge in [0.05, 0.1) is 31.6 Å². The molecule has 8 nitrogen and oxygen atoms in total. The van der Waals surface area contributed by atoms with Gasteiger partial charge in [-0.25, -0.2) is 9.78 Å². The summed E-state index contributed by atoms with van der Waals surface area (Å²) in [6, 6.07) is 8.47. The second kappa shape index (κ2) is 10.5. The molecule has 5 rings (SSSR count). The highest BCUT2D eigenvalue weighted by Crippen LogP contribution is 2.33. The Kier molecular flexibility index (Phi) is 7.32. The number of nitrogens with zero attached hydrogens (tertiary/aromatic N) is 4. The number of aromatic nitrogens is 3. The number of aryl methyl sites for hydroxylation is 1. The molecule has 0 saturated carbocycles. The monoisotopic (exact) mass is 526 g/mol. The van der Waals surface area contributed by atoms with Crippen molar-refractivity contribution in [3.8, 4) is 17.0 Å². The van der Waals surface area contributed by atoms with Crippen LogP contribution in [0.2, 0.25) is 5.28 Å². The molecular formula is C28H35ClN4O4. The van der Waals surface area contributed by atoms with E-state index in [1.807, 2.05) is 50.1 Å². The average Bonchev–Trinajstić information content (AvgIpc) is 3.21. The molecule has 2 saturated heterocycles. The second-order valence-corrected chi connectivity index (χ2v) is 11.4. The average molecular weight is 527 g/mol. The number of ether oxygens (including phenoxy) is 3. The molecule has 0 atom stereocenters. The molecule has 0 bridgehead atoms. The Hall–Kier alpha value is -2.84. The fraction of sp³-hybridized carbons (Fsp3) is 0.536. The maximum atomic E-state index is 12.3. The van der Waals surface area contributed by atoms with Crippen LogP contribution in [0.4, 0.5) is 4.79 Å². The van der Waals surface area contributed by atoms with Crippen molar-refractivity contribution in [2.45, 2.75) is 58.6 Å². The first-order valence-electron chi connectivity index (χ1n) is 13.0. The summed E-state index contributed by atoms with van der Waals surface area (Å²) >= 11 is 6.32. The predicted molar refractivity (Wildman–Crippen MR) is 143 cm³/mol. The molecule has 0 aliphatic carbocycles. The standard InChI is InChI=1S/C28H35ClN4O4/c1-18-15-20(24-22-9-13-33(21-16-35-17-21)25(22)31-26(29)30-24)5-6-23(18)36-14-10-19-7-11-32(12-8-19)27(34)37-28(2,3)4/h5-6,9,13,15,19,21H,7-8,10-12,14,16-17H2,1-4H3. The third-order valence-corrected chi connectivity index (χ3v) is 7.23. The van der Waals surface area contributed by atoms with Crippen molar-refractivity contribution >= 4 is 28.7 Å². The molecule has 4 heterocycles. The van der Waals surface area contributed by atoms with Crippen LogP contribution in [0.5, 0.6) is 5.75 Å². The molecule has 198 valence electrons. The zero-order valence-corrected chi connectivity index (χ0v) is 22.8. The predicted octanol–water partition coefficient (Wildman–Crippen LogP) is 6.05. The summed E-state index contributed by atoms with van der Waals surface area (Å²) in [7, 11) is 0. The van der Waals surface area contributed by atoms with Crippen LogP contribution in [0.25, 0.3) is 22.3 Å². The van der Waals surface area contributed by atoms with Crippen LogP contribution in [0.15, 0.2) is 30.5 Å². The highest BCUT2D eigenvalue weighted by Gasteiger charge is 2.27. The molecule has 2 aromatic heterocycles. The lowest BCUT2D eigenvalue weighted by Crippen LogP contribution is -2.41. The van der Waals surface area contributed by atoms with Gasteiger partial charge in [0, 0.05) is 30.2 Å². The van der Waals surface area contributed by atoms with Gasteiger partial charge in [-0.05, 0) is 94.3 Å². The Balaban J connectivity index is 1.18. The van der Waals surface area contributed by atoms with Gasteiger partial charge >= 0.3 is 6.09 Å². The first-order chi connectivity index (χ1) is 17.7. The summed E-state index contributed by atoms with van der Waals surface area (Å²) in [5, 5.41) is 1.21. The van der Waals surface area contributed by atoms with Crippen LogP contribution in [0.1, 0.15) is 51.6 Å². The summed E-state index contributed by atoms with van der Waals surface area (Å²) < 4.78 is 19.1. The van der Waals surface area contributed by atoms with Gasteiger partial charge in [0.25, 0.3) is 0 Å². The third kappa shape index (κ3) is 5.85. The van der Waals surface area contributed by atoms with Gasteiger partial charge in [0.1, 0.15) is 17.0 Å². The molecule has 0 spiro atoms. The number of hydrogen-bond donors (Lipinski definition) is 0. The summed E-state index contributed by atoms with van der Waals surface area (Å²) in [6.07, 6.45) is 4.72. The van der Waals surface area contributed by atoms with Crippen LogP contribution in [0.3, 0.4) is 0 Å². The number of benzene rings is 1. The third-order valence-electron chi connectivity index (χ3n) is 7.06. The largest absolute Gasteiger partial charge is 0.493 e. The molecule has 1 amide bonds. The van der Waals surface area contributed by atoms with Gasteiger partial charge < -0.3 is 23.7 Å². The van der Waals surface area contributed by atoms with E-state index in [9.17, 15) is 4.79 Å². The number of carbonyl (C=O) groups is 1. The second-order valence-electron chi connectivity index (χ2n) is 11.0. The molecule has 3 aromatic rings. The molecule has 37 heavy (non-hydrogen) atoms. The summed E-state index contributed by atoms with van der Waals surface area (Å²) in [4.78, 5) is 23.1. The number of fused-ring (bicyclic) bond motifs is 1. The van der Waals surface area contributed by atoms with E-state index in [-0.39, 0.29) is 11.4 Å². The van der Waals surface area contributed by atoms with Crippen molar-refractivity contribution in [3.05, 3.63) is 41.3 Å². The summed E-state index contributed by atoms with van der Waals surface area (Å²) in [5.41, 5.74) is 3.22. The lowest BCUT2D eigenvalue weighted by Gasteiger charge is -2.33. The first-order valence-corrected chi connectivity index (χ1v) is 13.4. The topological polar surface area (TPSA) is 78.7 Å². The maximum absolute atomic E-state index is 12.3. The Morgan fingerprint density at radius 2 is 1.92 bits per heavy atom. The molecule has 9 heteroatoms. The first kappa shape index (κ1) is 25.8.